The van der Waals surface area contributed by atoms with Crippen LogP contribution in [0.15, 0.2) is 36.9 Å². The number of amides is 1. The summed E-state index contributed by atoms with van der Waals surface area (Å²) < 4.78 is 1.34. The Morgan fingerprint density at radius 3 is 2.52 bits per heavy atom. The predicted molar refractivity (Wildman–Crippen MR) is 72.8 cm³/mol. The van der Waals surface area contributed by atoms with Gasteiger partial charge in [0, 0.05) is 5.69 Å². The summed E-state index contributed by atoms with van der Waals surface area (Å²) in [5.74, 6) is -1.54. The molecule has 1 heterocycles. The Morgan fingerprint density at radius 1 is 1.33 bits per heavy atom. The quantitative estimate of drug-likeness (QED) is 0.837. The van der Waals surface area contributed by atoms with Crippen LogP contribution in [-0.2, 0) is 9.59 Å². The molecule has 8 nitrogen and oxygen atoms in total. The lowest BCUT2D eigenvalue weighted by atomic mass is 10.2. The first-order chi connectivity index (χ1) is 9.99. The van der Waals surface area contributed by atoms with E-state index in [4.69, 9.17) is 5.11 Å². The van der Waals surface area contributed by atoms with Crippen LogP contribution in [-0.4, -0.2) is 43.4 Å². The number of carboxylic acids is 1. The van der Waals surface area contributed by atoms with Crippen molar-refractivity contribution in [2.24, 2.45) is 0 Å². The van der Waals surface area contributed by atoms with Gasteiger partial charge < -0.3 is 10.2 Å². The van der Waals surface area contributed by atoms with Crippen molar-refractivity contribution in [2.45, 2.75) is 13.0 Å². The van der Waals surface area contributed by atoms with E-state index in [0.717, 1.165) is 4.90 Å². The third-order valence-electron chi connectivity index (χ3n) is 2.91. The summed E-state index contributed by atoms with van der Waals surface area (Å²) in [6.45, 7) is 1.12. The molecule has 1 unspecified atom stereocenters. The average molecular weight is 290 g/mol. The summed E-state index contributed by atoms with van der Waals surface area (Å²) in [4.78, 5) is 28.3. The Hall–Kier alpha value is -2.90. The van der Waals surface area contributed by atoms with Gasteiger partial charge in [-0.2, -0.15) is 5.10 Å². The summed E-state index contributed by atoms with van der Waals surface area (Å²) >= 11 is 0. The van der Waals surface area contributed by atoms with E-state index in [2.05, 4.69) is 10.1 Å². The second kappa shape index (κ2) is 6.04. The van der Waals surface area contributed by atoms with Crippen molar-refractivity contribution in [1.82, 2.24) is 14.8 Å². The lowest BCUT2D eigenvalue weighted by Crippen LogP contribution is -2.40. The fourth-order valence-electron chi connectivity index (χ4n) is 1.82. The Morgan fingerprint density at radius 2 is 2.00 bits per heavy atom. The molecule has 2 aromatic rings. The van der Waals surface area contributed by atoms with Crippen molar-refractivity contribution < 1.29 is 19.8 Å². The Balaban J connectivity index is 2.29. The number of aliphatic carboxylic acids is 1. The molecule has 8 heteroatoms. The number of carbonyl (C=O) groups is 2. The minimum Gasteiger partial charge on any atom is -0.508 e. The lowest BCUT2D eigenvalue weighted by Gasteiger charge is -2.24. The summed E-state index contributed by atoms with van der Waals surface area (Å²) in [5.41, 5.74) is 0.382. The first-order valence-electron chi connectivity index (χ1n) is 6.15. The third kappa shape index (κ3) is 3.35. The molecule has 1 aromatic carbocycles. The van der Waals surface area contributed by atoms with Crippen LogP contribution in [0, 0.1) is 0 Å². The van der Waals surface area contributed by atoms with Gasteiger partial charge in [0.05, 0.1) is 0 Å². The largest absolute Gasteiger partial charge is 0.508 e. The first-order valence-corrected chi connectivity index (χ1v) is 6.15. The predicted octanol–water partition coefficient (Wildman–Crippen LogP) is 0.663. The van der Waals surface area contributed by atoms with E-state index < -0.39 is 24.5 Å². The number of nitrogens with zero attached hydrogens (tertiary/aromatic N) is 4. The van der Waals surface area contributed by atoms with Crippen molar-refractivity contribution in [3.8, 4) is 5.75 Å². The number of aromatic hydroxyl groups is 1. The summed E-state index contributed by atoms with van der Waals surface area (Å²) in [6.07, 6.45) is 2.68. The van der Waals surface area contributed by atoms with Gasteiger partial charge in [-0.1, -0.05) is 0 Å². The normalized spacial score (nSPS) is 11.9. The van der Waals surface area contributed by atoms with Gasteiger partial charge in [0.2, 0.25) is 0 Å². The molecule has 0 saturated heterocycles. The molecule has 2 rings (SSSR count). The van der Waals surface area contributed by atoms with Crippen molar-refractivity contribution >= 4 is 17.6 Å². The second-order valence-corrected chi connectivity index (χ2v) is 4.39. The highest BCUT2D eigenvalue weighted by atomic mass is 16.4. The van der Waals surface area contributed by atoms with Crippen LogP contribution >= 0.6 is 0 Å². The number of benzene rings is 1. The van der Waals surface area contributed by atoms with E-state index in [0.29, 0.717) is 5.69 Å². The number of aromatic nitrogens is 3. The zero-order valence-electron chi connectivity index (χ0n) is 11.2. The standard InChI is InChI=1S/C13H14N4O4/c1-9(17-8-14-7-15-17)13(21)16(6-12(19)20)10-2-4-11(18)5-3-10/h2-5,7-9,18H,6H2,1H3,(H,19,20). The molecule has 1 amide bonds. The summed E-state index contributed by atoms with van der Waals surface area (Å²) in [5, 5.41) is 22.1. The minimum atomic E-state index is -1.14. The number of phenols is 1. The van der Waals surface area contributed by atoms with Crippen LogP contribution in [0.4, 0.5) is 5.69 Å². The topological polar surface area (TPSA) is 109 Å². The SMILES string of the molecule is CC(C(=O)N(CC(=O)O)c1ccc(O)cc1)n1cncn1. The molecule has 21 heavy (non-hydrogen) atoms. The van der Waals surface area contributed by atoms with Gasteiger partial charge in [-0.15, -0.1) is 0 Å². The minimum absolute atomic E-state index is 0.0331. The zero-order chi connectivity index (χ0) is 15.4. The molecule has 0 saturated carbocycles. The number of hydrogen-bond acceptors (Lipinski definition) is 5. The van der Waals surface area contributed by atoms with Crippen molar-refractivity contribution in [3.05, 3.63) is 36.9 Å². The monoisotopic (exact) mass is 290 g/mol. The molecule has 0 bridgehead atoms. The smallest absolute Gasteiger partial charge is 0.323 e. The van der Waals surface area contributed by atoms with E-state index >= 15 is 0 Å². The molecule has 0 radical (unpaired) electrons. The van der Waals surface area contributed by atoms with Gasteiger partial charge >= 0.3 is 5.97 Å². The highest BCUT2D eigenvalue weighted by molar-refractivity contribution is 5.99. The first kappa shape index (κ1) is 14.5. The van der Waals surface area contributed by atoms with Gasteiger partial charge in [-0.25, -0.2) is 9.67 Å². The maximum Gasteiger partial charge on any atom is 0.323 e. The molecule has 1 atom stereocenters. The van der Waals surface area contributed by atoms with Crippen LogP contribution in [0.3, 0.4) is 0 Å². The van der Waals surface area contributed by atoms with Crippen LogP contribution < -0.4 is 4.90 Å². The van der Waals surface area contributed by atoms with Gasteiger partial charge in [0.1, 0.15) is 31.0 Å². The van der Waals surface area contributed by atoms with Crippen molar-refractivity contribution in [3.63, 3.8) is 0 Å². The number of anilines is 1. The van der Waals surface area contributed by atoms with Gasteiger partial charge in [-0.05, 0) is 31.2 Å². The second-order valence-electron chi connectivity index (χ2n) is 4.39. The zero-order valence-corrected chi connectivity index (χ0v) is 11.2. The van der Waals surface area contributed by atoms with Crippen LogP contribution in [0.25, 0.3) is 0 Å². The molecule has 0 aliphatic carbocycles. The third-order valence-corrected chi connectivity index (χ3v) is 2.91. The number of rotatable bonds is 5. The molecular formula is C13H14N4O4. The average Bonchev–Trinajstić information content (AvgIpc) is 2.98. The summed E-state index contributed by atoms with van der Waals surface area (Å²) in [6, 6.07) is 5.03. The van der Waals surface area contributed by atoms with Crippen LogP contribution in [0.1, 0.15) is 13.0 Å². The van der Waals surface area contributed by atoms with Gasteiger partial charge in [0.15, 0.2) is 0 Å². The molecule has 1 aromatic heterocycles. The molecule has 0 fully saturated rings. The van der Waals surface area contributed by atoms with E-state index in [1.165, 1.54) is 41.6 Å². The van der Waals surface area contributed by atoms with Crippen molar-refractivity contribution in [1.29, 1.82) is 0 Å². The van der Waals surface area contributed by atoms with Crippen LogP contribution in [0.5, 0.6) is 5.75 Å². The molecule has 0 aliphatic rings. The lowest BCUT2D eigenvalue weighted by molar-refractivity contribution is -0.137. The van der Waals surface area contributed by atoms with E-state index in [1.54, 1.807) is 6.92 Å². The summed E-state index contributed by atoms with van der Waals surface area (Å²) in [7, 11) is 0. The number of carboxylic acid groups (broad SMARTS) is 1. The Bertz CT molecular complexity index is 624. The van der Waals surface area contributed by atoms with Crippen LogP contribution in [0.2, 0.25) is 0 Å². The molecule has 0 spiro atoms. The number of phenolic OH excluding ortho intramolecular Hbond substituents is 1. The van der Waals surface area contributed by atoms with Crippen molar-refractivity contribution in [2.75, 3.05) is 11.4 Å². The fraction of sp³-hybridized carbons (Fsp3) is 0.231. The number of hydrogen-bond donors (Lipinski definition) is 2. The highest BCUT2D eigenvalue weighted by Gasteiger charge is 2.25. The fourth-order valence-corrected chi connectivity index (χ4v) is 1.82. The van der Waals surface area contributed by atoms with Gasteiger partial charge in [0.25, 0.3) is 5.91 Å². The molecule has 0 aliphatic heterocycles. The van der Waals surface area contributed by atoms with E-state index in [9.17, 15) is 14.7 Å². The van der Waals surface area contributed by atoms with E-state index in [-0.39, 0.29) is 5.75 Å². The maximum absolute atomic E-state index is 12.5. The van der Waals surface area contributed by atoms with E-state index in [1.807, 2.05) is 0 Å². The Kier molecular flexibility index (Phi) is 4.17. The van der Waals surface area contributed by atoms with Gasteiger partial charge in [-0.3, -0.25) is 14.5 Å². The highest BCUT2D eigenvalue weighted by Crippen LogP contribution is 2.21. The Labute approximate surface area is 120 Å². The maximum atomic E-state index is 12.5. The molecular weight excluding hydrogens is 276 g/mol. The molecule has 110 valence electrons. The molecule has 2 N–H and O–H groups in total. The number of carbonyl (C=O) groups excluding carboxylic acids is 1.